The van der Waals surface area contributed by atoms with Gasteiger partial charge in [0, 0.05) is 22.0 Å². The van der Waals surface area contributed by atoms with Crippen LogP contribution in [0.2, 0.25) is 5.02 Å². The van der Waals surface area contributed by atoms with Crippen molar-refractivity contribution in [3.05, 3.63) is 88.7 Å². The Morgan fingerprint density at radius 2 is 1.91 bits per heavy atom. The third-order valence-corrected chi connectivity index (χ3v) is 7.41. The average Bonchev–Trinajstić information content (AvgIpc) is 3.24. The highest BCUT2D eigenvalue weighted by Crippen LogP contribution is 2.55. The van der Waals surface area contributed by atoms with Gasteiger partial charge in [0.1, 0.15) is 12.4 Å². The Morgan fingerprint density at radius 3 is 2.68 bits per heavy atom. The Labute approximate surface area is 204 Å². The second-order valence-corrected chi connectivity index (χ2v) is 9.72. The summed E-state index contributed by atoms with van der Waals surface area (Å²) in [5, 5.41) is 3.23. The fourth-order valence-electron chi connectivity index (χ4n) is 4.40. The summed E-state index contributed by atoms with van der Waals surface area (Å²) < 4.78 is 14.1. The smallest absolute Gasteiger partial charge is 0.269 e. The van der Waals surface area contributed by atoms with Gasteiger partial charge in [-0.25, -0.2) is 4.39 Å². The predicted molar refractivity (Wildman–Crippen MR) is 132 cm³/mol. The first-order valence-corrected chi connectivity index (χ1v) is 11.9. The van der Waals surface area contributed by atoms with E-state index in [1.54, 1.807) is 36.4 Å². The topological polar surface area (TPSA) is 69.7 Å². The third kappa shape index (κ3) is 3.63. The van der Waals surface area contributed by atoms with Crippen LogP contribution in [0.4, 0.5) is 21.5 Å². The van der Waals surface area contributed by atoms with E-state index in [4.69, 9.17) is 11.6 Å². The molecule has 1 spiro atoms. The van der Waals surface area contributed by atoms with E-state index in [0.717, 1.165) is 5.56 Å². The molecular formula is C25H19ClFN3O3S. The summed E-state index contributed by atoms with van der Waals surface area (Å²) in [6.45, 7) is 1.63. The quantitative estimate of drug-likeness (QED) is 0.569. The Hall–Kier alpha value is -3.36. The van der Waals surface area contributed by atoms with Crippen LogP contribution >= 0.6 is 23.4 Å². The molecule has 0 unspecified atom stereocenters. The van der Waals surface area contributed by atoms with Crippen molar-refractivity contribution < 1.29 is 18.8 Å². The molecule has 0 radical (unpaired) electrons. The van der Waals surface area contributed by atoms with Crippen molar-refractivity contribution >= 4 is 58.1 Å². The van der Waals surface area contributed by atoms with Crippen LogP contribution in [0.25, 0.3) is 0 Å². The highest BCUT2D eigenvalue weighted by Gasteiger charge is 2.61. The second-order valence-electron chi connectivity index (χ2n) is 8.11. The number of amides is 3. The fraction of sp³-hybridized carbons (Fsp3) is 0.160. The summed E-state index contributed by atoms with van der Waals surface area (Å²) in [6.07, 6.45) is 0. The van der Waals surface area contributed by atoms with Crippen LogP contribution in [0.15, 0.2) is 66.7 Å². The molecule has 2 aliphatic heterocycles. The van der Waals surface area contributed by atoms with Gasteiger partial charge in [0.15, 0.2) is 0 Å². The Bertz CT molecular complexity index is 1350. The van der Waals surface area contributed by atoms with E-state index in [9.17, 15) is 18.8 Å². The molecule has 1 saturated heterocycles. The van der Waals surface area contributed by atoms with E-state index in [2.05, 4.69) is 5.32 Å². The van der Waals surface area contributed by atoms with Crippen molar-refractivity contribution in [2.45, 2.75) is 11.8 Å². The largest absolute Gasteiger partial charge is 0.324 e. The molecule has 0 saturated carbocycles. The van der Waals surface area contributed by atoms with Crippen molar-refractivity contribution in [3.8, 4) is 0 Å². The molecule has 5 rings (SSSR count). The highest BCUT2D eigenvalue weighted by molar-refractivity contribution is 8.02. The van der Waals surface area contributed by atoms with Crippen molar-refractivity contribution in [3.63, 3.8) is 0 Å². The van der Waals surface area contributed by atoms with Crippen molar-refractivity contribution in [2.24, 2.45) is 0 Å². The second kappa shape index (κ2) is 8.45. The minimum Gasteiger partial charge on any atom is -0.324 e. The Balaban J connectivity index is 1.55. The average molecular weight is 496 g/mol. The van der Waals surface area contributed by atoms with Crippen LogP contribution in [-0.2, 0) is 19.3 Å². The van der Waals surface area contributed by atoms with E-state index >= 15 is 0 Å². The number of hydrogen-bond acceptors (Lipinski definition) is 4. The molecule has 9 heteroatoms. The van der Waals surface area contributed by atoms with Crippen molar-refractivity contribution in [2.75, 3.05) is 27.4 Å². The zero-order valence-corrected chi connectivity index (χ0v) is 19.6. The van der Waals surface area contributed by atoms with Crippen molar-refractivity contribution in [1.29, 1.82) is 0 Å². The maximum atomic E-state index is 14.1. The van der Waals surface area contributed by atoms with Gasteiger partial charge < -0.3 is 5.32 Å². The SMILES string of the molecule is Cc1ccc2c(c1)[C@@]1(SCC(=O)N1c1cccc(F)c1)C(=O)N2CC(=O)Nc1cccc(Cl)c1. The molecule has 34 heavy (non-hydrogen) atoms. The van der Waals surface area contributed by atoms with Gasteiger partial charge in [-0.15, -0.1) is 11.8 Å². The molecule has 172 valence electrons. The van der Waals surface area contributed by atoms with Crippen molar-refractivity contribution in [1.82, 2.24) is 0 Å². The molecule has 0 aromatic heterocycles. The molecule has 3 aromatic rings. The molecule has 1 N–H and O–H groups in total. The lowest BCUT2D eigenvalue weighted by Gasteiger charge is -2.33. The molecule has 3 amide bonds. The number of thioether (sulfide) groups is 1. The molecule has 2 aliphatic rings. The van der Waals surface area contributed by atoms with Gasteiger partial charge in [-0.05, 0) is 49.4 Å². The monoisotopic (exact) mass is 495 g/mol. The number of carbonyl (C=O) groups excluding carboxylic acids is 3. The van der Waals surface area contributed by atoms with Crippen LogP contribution < -0.4 is 15.1 Å². The van der Waals surface area contributed by atoms with E-state index in [0.29, 0.717) is 27.6 Å². The maximum Gasteiger partial charge on any atom is 0.269 e. The molecule has 1 fully saturated rings. The number of aryl methyl sites for hydroxylation is 1. The van der Waals surface area contributed by atoms with E-state index in [1.165, 1.54) is 39.8 Å². The summed E-state index contributed by atoms with van der Waals surface area (Å²) in [4.78, 5) is 41.2. The minimum absolute atomic E-state index is 0.0538. The van der Waals surface area contributed by atoms with Gasteiger partial charge in [-0.3, -0.25) is 24.2 Å². The van der Waals surface area contributed by atoms with Crippen LogP contribution in [0.5, 0.6) is 0 Å². The normalized spacial score (nSPS) is 19.1. The number of halogens is 2. The number of carbonyl (C=O) groups is 3. The van der Waals surface area contributed by atoms with Gasteiger partial charge in [0.2, 0.25) is 16.7 Å². The lowest BCUT2D eigenvalue weighted by atomic mass is 10.0. The van der Waals surface area contributed by atoms with Gasteiger partial charge in [-0.2, -0.15) is 0 Å². The Kier molecular flexibility index (Phi) is 5.58. The van der Waals surface area contributed by atoms with E-state index < -0.39 is 22.5 Å². The maximum absolute atomic E-state index is 14.1. The first-order valence-electron chi connectivity index (χ1n) is 10.5. The number of rotatable bonds is 4. The zero-order valence-electron chi connectivity index (χ0n) is 18.0. The first kappa shape index (κ1) is 22.4. The van der Waals surface area contributed by atoms with Crippen LogP contribution in [-0.4, -0.2) is 30.0 Å². The number of anilines is 3. The number of fused-ring (bicyclic) bond motifs is 2. The highest BCUT2D eigenvalue weighted by atomic mass is 35.5. The van der Waals surface area contributed by atoms with Gasteiger partial charge in [-0.1, -0.05) is 41.4 Å². The molecule has 2 heterocycles. The molecule has 0 bridgehead atoms. The number of hydrogen-bond donors (Lipinski definition) is 1. The van der Waals surface area contributed by atoms with Gasteiger partial charge in [0.25, 0.3) is 5.91 Å². The summed E-state index contributed by atoms with van der Waals surface area (Å²) >= 11 is 7.18. The van der Waals surface area contributed by atoms with Crippen LogP contribution in [0, 0.1) is 12.7 Å². The zero-order chi connectivity index (χ0) is 24.0. The molecule has 1 atom stereocenters. The summed E-state index contributed by atoms with van der Waals surface area (Å²) in [7, 11) is 0. The van der Waals surface area contributed by atoms with Crippen LogP contribution in [0.1, 0.15) is 11.1 Å². The number of nitrogens with zero attached hydrogens (tertiary/aromatic N) is 2. The standard InChI is InChI=1S/C25H19ClFN3O3S/c1-15-8-9-21-20(10-15)25(30(23(32)14-34-25)19-7-3-5-17(27)12-19)24(33)29(21)13-22(31)28-18-6-2-4-16(26)11-18/h2-12H,13-14H2,1H3,(H,28,31)/t25-/m1/s1. The molecular weight excluding hydrogens is 477 g/mol. The molecule has 0 aliphatic carbocycles. The lowest BCUT2D eigenvalue weighted by molar-refractivity contribution is -0.124. The lowest BCUT2D eigenvalue weighted by Crippen LogP contribution is -2.51. The third-order valence-electron chi connectivity index (χ3n) is 5.79. The van der Waals surface area contributed by atoms with Gasteiger partial charge in [0.05, 0.1) is 11.4 Å². The summed E-state index contributed by atoms with van der Waals surface area (Å²) in [6, 6.07) is 17.8. The van der Waals surface area contributed by atoms with Crippen LogP contribution in [0.3, 0.4) is 0 Å². The molecule has 6 nitrogen and oxygen atoms in total. The van der Waals surface area contributed by atoms with Gasteiger partial charge >= 0.3 is 0 Å². The predicted octanol–water partition coefficient (Wildman–Crippen LogP) is 4.71. The minimum atomic E-state index is -1.41. The molecule has 3 aromatic carbocycles. The number of nitrogens with one attached hydrogen (secondary N) is 1. The Morgan fingerprint density at radius 1 is 1.12 bits per heavy atom. The number of benzene rings is 3. The summed E-state index contributed by atoms with van der Waals surface area (Å²) in [5.74, 6) is -1.59. The fourth-order valence-corrected chi connectivity index (χ4v) is 5.94. The first-order chi connectivity index (χ1) is 16.3. The summed E-state index contributed by atoms with van der Waals surface area (Å²) in [5.41, 5.74) is 2.85. The van der Waals surface area contributed by atoms with E-state index in [1.807, 2.05) is 19.1 Å². The van der Waals surface area contributed by atoms with E-state index in [-0.39, 0.29) is 18.2 Å².